The molecule has 10 heteroatoms. The first-order valence-electron chi connectivity index (χ1n) is 7.92. The number of carboxylic acid groups (broad SMARTS) is 1. The number of likely N-dealkylation sites (tertiary alicyclic amines) is 1. The van der Waals surface area contributed by atoms with Gasteiger partial charge in [-0.3, -0.25) is 4.79 Å². The van der Waals surface area contributed by atoms with Gasteiger partial charge in [-0.2, -0.15) is 11.8 Å². The molecule has 0 radical (unpaired) electrons. The van der Waals surface area contributed by atoms with Crippen molar-refractivity contribution in [2.24, 2.45) is 0 Å². The quantitative estimate of drug-likeness (QED) is 0.631. The second-order valence-corrected chi connectivity index (χ2v) is 7.08. The van der Waals surface area contributed by atoms with Gasteiger partial charge in [0.2, 0.25) is 5.91 Å². The summed E-state index contributed by atoms with van der Waals surface area (Å²) in [6.07, 6.45) is 1.87. The van der Waals surface area contributed by atoms with Crippen LogP contribution in [0.2, 0.25) is 6.32 Å². The Bertz CT molecular complexity index is 705. The molecule has 0 aromatic heterocycles. The van der Waals surface area contributed by atoms with Crippen molar-refractivity contribution in [2.45, 2.75) is 18.8 Å². The van der Waals surface area contributed by atoms with Crippen molar-refractivity contribution < 1.29 is 34.1 Å². The summed E-state index contributed by atoms with van der Waals surface area (Å²) in [5.41, 5.74) is 0.371. The van der Waals surface area contributed by atoms with E-state index in [0.29, 0.717) is 30.8 Å². The minimum absolute atomic E-state index is 0.0153. The van der Waals surface area contributed by atoms with Gasteiger partial charge in [0, 0.05) is 0 Å². The molecule has 0 atom stereocenters. The Kier molecular flexibility index (Phi) is 4.85. The standard InChI is InChI=1S/C15H19BNO7S/c1-25-8-12(18)17-6-10(7-17)23-11-3-2-9-4-5-16(21,22)24-14(9)13(11)15(19)20/h2-3,10,21-22H,4-8H2,1H3,(H,19,20)/q-1. The number of rotatable bonds is 5. The third-order valence-corrected chi connectivity index (χ3v) is 4.81. The van der Waals surface area contributed by atoms with Gasteiger partial charge in [-0.05, 0) is 24.3 Å². The third-order valence-electron chi connectivity index (χ3n) is 4.27. The zero-order chi connectivity index (χ0) is 18.2. The predicted molar refractivity (Wildman–Crippen MR) is 92.1 cm³/mol. The largest absolute Gasteiger partial charge is 0.669 e. The second-order valence-electron chi connectivity index (χ2n) is 6.22. The lowest BCUT2D eigenvalue weighted by Gasteiger charge is -2.40. The molecule has 0 saturated carbocycles. The molecule has 1 aromatic carbocycles. The van der Waals surface area contributed by atoms with E-state index in [-0.39, 0.29) is 35.4 Å². The lowest BCUT2D eigenvalue weighted by Crippen LogP contribution is -2.56. The fourth-order valence-corrected chi connectivity index (χ4v) is 3.37. The van der Waals surface area contributed by atoms with Gasteiger partial charge in [0.15, 0.2) is 0 Å². The molecule has 0 aliphatic carbocycles. The molecule has 8 nitrogen and oxygen atoms in total. The van der Waals surface area contributed by atoms with Gasteiger partial charge in [0.1, 0.15) is 17.4 Å². The van der Waals surface area contributed by atoms with E-state index in [2.05, 4.69) is 0 Å². The molecular formula is C15H19BNO7S-. The average molecular weight is 368 g/mol. The highest BCUT2D eigenvalue weighted by Gasteiger charge is 2.36. The highest BCUT2D eigenvalue weighted by Crippen LogP contribution is 2.38. The van der Waals surface area contributed by atoms with E-state index in [0.717, 1.165) is 0 Å². The summed E-state index contributed by atoms with van der Waals surface area (Å²) in [4.78, 5) is 25.1. The van der Waals surface area contributed by atoms with Crippen LogP contribution in [0, 0.1) is 0 Å². The van der Waals surface area contributed by atoms with Gasteiger partial charge in [0.05, 0.1) is 24.6 Å². The van der Waals surface area contributed by atoms with Crippen LogP contribution in [-0.4, -0.2) is 69.9 Å². The van der Waals surface area contributed by atoms with E-state index in [1.165, 1.54) is 11.8 Å². The van der Waals surface area contributed by atoms with Crippen molar-refractivity contribution in [3.63, 3.8) is 0 Å². The smallest absolute Gasteiger partial charge is 0.430 e. The fourth-order valence-electron chi connectivity index (χ4n) is 2.94. The van der Waals surface area contributed by atoms with Crippen LogP contribution < -0.4 is 9.39 Å². The van der Waals surface area contributed by atoms with E-state index in [9.17, 15) is 24.7 Å². The van der Waals surface area contributed by atoms with Crippen LogP contribution in [0.5, 0.6) is 11.5 Å². The van der Waals surface area contributed by atoms with Gasteiger partial charge >= 0.3 is 12.7 Å². The second kappa shape index (κ2) is 6.78. The first-order chi connectivity index (χ1) is 11.8. The number of aromatic carboxylic acids is 1. The summed E-state index contributed by atoms with van der Waals surface area (Å²) in [5, 5.41) is 29.0. The number of aryl methyl sites for hydroxylation is 1. The normalized spacial score (nSPS) is 18.8. The maximum absolute atomic E-state index is 11.7. The molecule has 2 heterocycles. The van der Waals surface area contributed by atoms with Gasteiger partial charge in [-0.15, -0.1) is 0 Å². The van der Waals surface area contributed by atoms with Crippen LogP contribution in [0.25, 0.3) is 0 Å². The van der Waals surface area contributed by atoms with E-state index in [1.807, 2.05) is 6.26 Å². The van der Waals surface area contributed by atoms with Crippen LogP contribution in [0.4, 0.5) is 0 Å². The molecule has 1 aromatic rings. The zero-order valence-corrected chi connectivity index (χ0v) is 14.5. The molecule has 1 amide bonds. The fraction of sp³-hybridized carbons (Fsp3) is 0.467. The maximum atomic E-state index is 11.7. The highest BCUT2D eigenvalue weighted by molar-refractivity contribution is 7.99. The van der Waals surface area contributed by atoms with Crippen LogP contribution in [-0.2, 0) is 11.2 Å². The van der Waals surface area contributed by atoms with Gasteiger partial charge in [-0.1, -0.05) is 12.4 Å². The Balaban J connectivity index is 1.77. The average Bonchev–Trinajstić information content (AvgIpc) is 2.48. The molecule has 2 aliphatic heterocycles. The van der Waals surface area contributed by atoms with E-state index < -0.39 is 12.7 Å². The van der Waals surface area contributed by atoms with E-state index in [1.54, 1.807) is 17.0 Å². The van der Waals surface area contributed by atoms with Crippen molar-refractivity contribution in [1.82, 2.24) is 4.90 Å². The Hall–Kier alpha value is -1.91. The van der Waals surface area contributed by atoms with Crippen molar-refractivity contribution >= 4 is 30.4 Å². The Morgan fingerprint density at radius 1 is 1.40 bits per heavy atom. The lowest BCUT2D eigenvalue weighted by molar-refractivity contribution is -0.137. The third kappa shape index (κ3) is 3.70. The summed E-state index contributed by atoms with van der Waals surface area (Å²) >= 11 is 1.44. The summed E-state index contributed by atoms with van der Waals surface area (Å²) in [7, 11) is 0. The van der Waals surface area contributed by atoms with Crippen LogP contribution in [0.1, 0.15) is 15.9 Å². The van der Waals surface area contributed by atoms with E-state index >= 15 is 0 Å². The molecule has 3 rings (SSSR count). The maximum Gasteiger partial charge on any atom is 0.430 e. The molecule has 1 saturated heterocycles. The SMILES string of the molecule is CSCC(=O)N1CC(Oc2ccc3c(c2C(=O)O)O[B-](O)(O)CC3)C1. The number of benzene rings is 1. The molecule has 0 bridgehead atoms. The predicted octanol–water partition coefficient (Wildman–Crippen LogP) is 0.196. The summed E-state index contributed by atoms with van der Waals surface area (Å²) in [6, 6.07) is 3.21. The van der Waals surface area contributed by atoms with Crippen LogP contribution >= 0.6 is 11.8 Å². The number of fused-ring (bicyclic) bond motifs is 1. The van der Waals surface area contributed by atoms with E-state index in [4.69, 9.17) is 9.39 Å². The summed E-state index contributed by atoms with van der Waals surface area (Å²) in [5.74, 6) is -0.808. The molecular weight excluding hydrogens is 349 g/mol. The van der Waals surface area contributed by atoms with Gasteiger partial charge in [-0.25, -0.2) is 4.79 Å². The van der Waals surface area contributed by atoms with Gasteiger partial charge < -0.3 is 29.4 Å². The Morgan fingerprint density at radius 2 is 2.12 bits per heavy atom. The number of hydrogen-bond donors (Lipinski definition) is 3. The molecule has 25 heavy (non-hydrogen) atoms. The molecule has 3 N–H and O–H groups in total. The lowest BCUT2D eigenvalue weighted by atomic mass is 9.70. The number of thioether (sulfide) groups is 1. The number of carboxylic acids is 1. The Morgan fingerprint density at radius 3 is 2.76 bits per heavy atom. The van der Waals surface area contributed by atoms with Gasteiger partial charge in [0.25, 0.3) is 0 Å². The number of carbonyl (C=O) groups excluding carboxylic acids is 1. The number of carbonyl (C=O) groups is 2. The minimum Gasteiger partial charge on any atom is -0.669 e. The monoisotopic (exact) mass is 368 g/mol. The topological polar surface area (TPSA) is 117 Å². The van der Waals surface area contributed by atoms with Crippen molar-refractivity contribution in [3.8, 4) is 11.5 Å². The molecule has 136 valence electrons. The highest BCUT2D eigenvalue weighted by atomic mass is 32.2. The van der Waals surface area contributed by atoms with Crippen LogP contribution in [0.3, 0.4) is 0 Å². The summed E-state index contributed by atoms with van der Waals surface area (Å²) < 4.78 is 10.8. The van der Waals surface area contributed by atoms with Crippen molar-refractivity contribution in [3.05, 3.63) is 23.3 Å². The van der Waals surface area contributed by atoms with Crippen molar-refractivity contribution in [1.29, 1.82) is 0 Å². The first kappa shape index (κ1) is 17.9. The molecule has 2 aliphatic rings. The molecule has 0 spiro atoms. The molecule has 0 unspecified atom stereocenters. The molecule has 1 fully saturated rings. The van der Waals surface area contributed by atoms with Crippen LogP contribution in [0.15, 0.2) is 12.1 Å². The zero-order valence-electron chi connectivity index (χ0n) is 13.7. The Labute approximate surface area is 148 Å². The number of nitrogens with zero attached hydrogens (tertiary/aromatic N) is 1. The number of ether oxygens (including phenoxy) is 1. The van der Waals surface area contributed by atoms with Crippen molar-refractivity contribution in [2.75, 3.05) is 25.1 Å². The number of amides is 1. The number of hydrogen-bond acceptors (Lipinski definition) is 7. The first-order valence-corrected chi connectivity index (χ1v) is 9.32. The summed E-state index contributed by atoms with van der Waals surface area (Å²) in [6.45, 7) is -2.28. The minimum atomic E-state index is -3.07.